The molecule has 0 radical (unpaired) electrons. The molecule has 1 aromatic carbocycles. The molecule has 1 aliphatic rings. The minimum Gasteiger partial charge on any atom is -0.504 e. The molecule has 0 bridgehead atoms. The highest BCUT2D eigenvalue weighted by Gasteiger charge is 2.18. The first-order valence-corrected chi connectivity index (χ1v) is 3.89. The van der Waals surface area contributed by atoms with Crippen molar-refractivity contribution in [3.63, 3.8) is 0 Å². The summed E-state index contributed by atoms with van der Waals surface area (Å²) >= 11 is 0. The SMILES string of the molecule is O=Cc1ccc2c(c1O)OCCO2. The topological polar surface area (TPSA) is 55.8 Å². The molecular formula is C9H8O4. The highest BCUT2D eigenvalue weighted by Crippen LogP contribution is 2.40. The van der Waals surface area contributed by atoms with Gasteiger partial charge in [-0.25, -0.2) is 0 Å². The van der Waals surface area contributed by atoms with Crippen molar-refractivity contribution in [3.8, 4) is 17.2 Å². The first kappa shape index (κ1) is 7.91. The van der Waals surface area contributed by atoms with Gasteiger partial charge in [-0.1, -0.05) is 0 Å². The number of hydrogen-bond acceptors (Lipinski definition) is 4. The number of rotatable bonds is 1. The Morgan fingerprint density at radius 1 is 1.31 bits per heavy atom. The quantitative estimate of drug-likeness (QED) is 0.654. The van der Waals surface area contributed by atoms with Gasteiger partial charge in [0.15, 0.2) is 17.8 Å². The molecule has 0 amide bonds. The summed E-state index contributed by atoms with van der Waals surface area (Å²) in [7, 11) is 0. The van der Waals surface area contributed by atoms with Gasteiger partial charge in [0.1, 0.15) is 13.2 Å². The molecule has 0 saturated carbocycles. The molecular weight excluding hydrogens is 172 g/mol. The summed E-state index contributed by atoms with van der Waals surface area (Å²) in [6, 6.07) is 3.10. The number of hydrogen-bond donors (Lipinski definition) is 1. The van der Waals surface area contributed by atoms with Gasteiger partial charge in [-0.15, -0.1) is 0 Å². The molecule has 2 rings (SSSR count). The van der Waals surface area contributed by atoms with Crippen LogP contribution >= 0.6 is 0 Å². The maximum atomic E-state index is 10.5. The fourth-order valence-electron chi connectivity index (χ4n) is 1.21. The first-order valence-electron chi connectivity index (χ1n) is 3.89. The predicted molar refractivity (Wildman–Crippen MR) is 44.5 cm³/mol. The normalized spacial score (nSPS) is 13.8. The zero-order valence-electron chi connectivity index (χ0n) is 6.82. The molecule has 0 aliphatic carbocycles. The number of aromatic hydroxyl groups is 1. The second-order valence-corrected chi connectivity index (χ2v) is 2.65. The Balaban J connectivity index is 2.54. The molecule has 68 valence electrons. The van der Waals surface area contributed by atoms with E-state index in [9.17, 15) is 9.90 Å². The summed E-state index contributed by atoms with van der Waals surface area (Å²) in [5.41, 5.74) is 0.212. The van der Waals surface area contributed by atoms with Crippen molar-refractivity contribution in [1.29, 1.82) is 0 Å². The predicted octanol–water partition coefficient (Wildman–Crippen LogP) is 0.976. The summed E-state index contributed by atoms with van der Waals surface area (Å²) in [5.74, 6) is 0.595. The average molecular weight is 180 g/mol. The van der Waals surface area contributed by atoms with Crippen LogP contribution in [0.4, 0.5) is 0 Å². The Morgan fingerprint density at radius 3 is 2.85 bits per heavy atom. The third kappa shape index (κ3) is 1.20. The highest BCUT2D eigenvalue weighted by atomic mass is 16.6. The van der Waals surface area contributed by atoms with E-state index < -0.39 is 0 Å². The third-order valence-corrected chi connectivity index (χ3v) is 1.84. The van der Waals surface area contributed by atoms with Crippen molar-refractivity contribution in [2.45, 2.75) is 0 Å². The lowest BCUT2D eigenvalue weighted by atomic mass is 10.2. The zero-order chi connectivity index (χ0) is 9.26. The van der Waals surface area contributed by atoms with Crippen molar-refractivity contribution >= 4 is 6.29 Å². The van der Waals surface area contributed by atoms with Gasteiger partial charge >= 0.3 is 0 Å². The van der Waals surface area contributed by atoms with Gasteiger partial charge in [-0.3, -0.25) is 4.79 Å². The van der Waals surface area contributed by atoms with Gasteiger partial charge in [0, 0.05) is 0 Å². The molecule has 0 saturated heterocycles. The van der Waals surface area contributed by atoms with Gasteiger partial charge in [0.05, 0.1) is 5.56 Å². The van der Waals surface area contributed by atoms with E-state index in [4.69, 9.17) is 9.47 Å². The maximum Gasteiger partial charge on any atom is 0.204 e. The lowest BCUT2D eigenvalue weighted by Gasteiger charge is -2.19. The molecule has 1 heterocycles. The lowest BCUT2D eigenvalue weighted by Crippen LogP contribution is -2.15. The highest BCUT2D eigenvalue weighted by molar-refractivity contribution is 5.82. The second kappa shape index (κ2) is 2.97. The van der Waals surface area contributed by atoms with E-state index in [1.165, 1.54) is 6.07 Å². The van der Waals surface area contributed by atoms with Gasteiger partial charge in [-0.2, -0.15) is 0 Å². The number of benzene rings is 1. The molecule has 4 nitrogen and oxygen atoms in total. The number of carbonyl (C=O) groups excluding carboxylic acids is 1. The van der Waals surface area contributed by atoms with E-state index in [2.05, 4.69) is 0 Å². The maximum absolute atomic E-state index is 10.5. The lowest BCUT2D eigenvalue weighted by molar-refractivity contribution is 0.111. The molecule has 13 heavy (non-hydrogen) atoms. The van der Waals surface area contributed by atoms with E-state index in [0.29, 0.717) is 25.2 Å². The van der Waals surface area contributed by atoms with Crippen molar-refractivity contribution in [2.75, 3.05) is 13.2 Å². The minimum absolute atomic E-state index is 0.146. The number of carbonyl (C=O) groups is 1. The first-order chi connectivity index (χ1) is 6.33. The molecule has 0 spiro atoms. The molecule has 0 unspecified atom stereocenters. The van der Waals surface area contributed by atoms with Crippen molar-refractivity contribution in [2.24, 2.45) is 0 Å². The molecule has 1 N–H and O–H groups in total. The molecule has 1 aliphatic heterocycles. The van der Waals surface area contributed by atoms with Crippen LogP contribution < -0.4 is 9.47 Å². The Labute approximate surface area is 74.7 Å². The van der Waals surface area contributed by atoms with E-state index in [0.717, 1.165) is 0 Å². The van der Waals surface area contributed by atoms with E-state index >= 15 is 0 Å². The summed E-state index contributed by atoms with van der Waals surface area (Å²) in [5, 5.41) is 9.50. The van der Waals surface area contributed by atoms with Crippen LogP contribution in [0, 0.1) is 0 Å². The third-order valence-electron chi connectivity index (χ3n) is 1.84. The molecule has 1 aromatic rings. The van der Waals surface area contributed by atoms with Crippen LogP contribution in [0.25, 0.3) is 0 Å². The zero-order valence-corrected chi connectivity index (χ0v) is 6.82. The van der Waals surface area contributed by atoms with Crippen molar-refractivity contribution in [1.82, 2.24) is 0 Å². The van der Waals surface area contributed by atoms with Gasteiger partial charge in [0.25, 0.3) is 0 Å². The number of fused-ring (bicyclic) bond motifs is 1. The Bertz CT molecular complexity index is 346. The minimum atomic E-state index is -0.146. The van der Waals surface area contributed by atoms with Crippen LogP contribution in [0.1, 0.15) is 10.4 Å². The van der Waals surface area contributed by atoms with Crippen LogP contribution in [0.15, 0.2) is 12.1 Å². The van der Waals surface area contributed by atoms with Crippen LogP contribution in [-0.2, 0) is 0 Å². The van der Waals surface area contributed by atoms with Crippen molar-refractivity contribution < 1.29 is 19.4 Å². The summed E-state index contributed by atoms with van der Waals surface area (Å²) in [4.78, 5) is 10.5. The van der Waals surface area contributed by atoms with Gasteiger partial charge < -0.3 is 14.6 Å². The monoisotopic (exact) mass is 180 g/mol. The summed E-state index contributed by atoms with van der Waals surface area (Å²) < 4.78 is 10.4. The van der Waals surface area contributed by atoms with Crippen LogP contribution in [0.3, 0.4) is 0 Å². The Morgan fingerprint density at radius 2 is 2.08 bits per heavy atom. The number of phenols is 1. The Kier molecular flexibility index (Phi) is 1.81. The Hall–Kier alpha value is -1.71. The number of ether oxygens (including phenoxy) is 2. The molecule has 4 heteroatoms. The molecule has 0 aromatic heterocycles. The summed E-state index contributed by atoms with van der Waals surface area (Å²) in [6.45, 7) is 0.857. The molecule has 0 fully saturated rings. The number of phenolic OH excluding ortho intramolecular Hbond substituents is 1. The standard InChI is InChI=1S/C9H8O4/c10-5-6-1-2-7-9(8(6)11)13-4-3-12-7/h1-2,5,11H,3-4H2. The van der Waals surface area contributed by atoms with E-state index in [1.807, 2.05) is 0 Å². The van der Waals surface area contributed by atoms with Gasteiger partial charge in [0.2, 0.25) is 5.75 Å². The second-order valence-electron chi connectivity index (χ2n) is 2.65. The summed E-state index contributed by atoms with van der Waals surface area (Å²) in [6.07, 6.45) is 0.577. The van der Waals surface area contributed by atoms with Crippen molar-refractivity contribution in [3.05, 3.63) is 17.7 Å². The smallest absolute Gasteiger partial charge is 0.204 e. The van der Waals surface area contributed by atoms with Gasteiger partial charge in [-0.05, 0) is 12.1 Å². The van der Waals surface area contributed by atoms with E-state index in [1.54, 1.807) is 6.07 Å². The number of aldehydes is 1. The average Bonchev–Trinajstić information content (AvgIpc) is 2.19. The van der Waals surface area contributed by atoms with Crippen LogP contribution in [0.5, 0.6) is 17.2 Å². The fourth-order valence-corrected chi connectivity index (χ4v) is 1.21. The van der Waals surface area contributed by atoms with Crippen LogP contribution in [-0.4, -0.2) is 24.6 Å². The van der Waals surface area contributed by atoms with Crippen LogP contribution in [0.2, 0.25) is 0 Å². The largest absolute Gasteiger partial charge is 0.504 e. The fraction of sp³-hybridized carbons (Fsp3) is 0.222. The molecule has 0 atom stereocenters. The van der Waals surface area contributed by atoms with E-state index in [-0.39, 0.29) is 17.1 Å².